The largest absolute Gasteiger partial charge is 0.481 e. The van der Waals surface area contributed by atoms with Gasteiger partial charge in [0.2, 0.25) is 5.91 Å². The fourth-order valence-electron chi connectivity index (χ4n) is 1.33. The van der Waals surface area contributed by atoms with Gasteiger partial charge < -0.3 is 10.4 Å². The average Bonchev–Trinajstić information content (AvgIpc) is 2.12. The van der Waals surface area contributed by atoms with Gasteiger partial charge in [0.25, 0.3) is 0 Å². The van der Waals surface area contributed by atoms with E-state index in [0.717, 1.165) is 11.8 Å². The summed E-state index contributed by atoms with van der Waals surface area (Å²) in [4.78, 5) is 21.6. The van der Waals surface area contributed by atoms with E-state index in [9.17, 15) is 22.8 Å². The van der Waals surface area contributed by atoms with Gasteiger partial charge in [-0.1, -0.05) is 20.8 Å². The van der Waals surface area contributed by atoms with Crippen molar-refractivity contribution in [3.63, 3.8) is 0 Å². The van der Waals surface area contributed by atoms with Crippen LogP contribution in [0.2, 0.25) is 0 Å². The first-order valence-electron chi connectivity index (χ1n) is 5.57. The van der Waals surface area contributed by atoms with Gasteiger partial charge in [-0.25, -0.2) is 0 Å². The molecule has 0 aliphatic heterocycles. The topological polar surface area (TPSA) is 66.4 Å². The Balaban J connectivity index is 4.41. The lowest BCUT2D eigenvalue weighted by Gasteiger charge is -2.28. The summed E-state index contributed by atoms with van der Waals surface area (Å²) in [5.74, 6) is -2.54. The molecule has 0 spiro atoms. The second-order valence-corrected chi connectivity index (χ2v) is 6.30. The molecule has 0 aliphatic carbocycles. The van der Waals surface area contributed by atoms with Gasteiger partial charge in [-0.05, 0) is 11.8 Å². The lowest BCUT2D eigenvalue weighted by atomic mass is 9.88. The summed E-state index contributed by atoms with van der Waals surface area (Å²) in [5, 5.41) is 10.3. The Kier molecular flexibility index (Phi) is 6.68. The smallest absolute Gasteiger partial charge is 0.408 e. The Hall–Kier alpha value is -0.920. The van der Waals surface area contributed by atoms with Crippen LogP contribution < -0.4 is 5.32 Å². The number of carboxylic acid groups (broad SMARTS) is 1. The number of alkyl halides is 3. The van der Waals surface area contributed by atoms with Crippen molar-refractivity contribution in [2.24, 2.45) is 5.41 Å². The second kappa shape index (κ2) is 7.02. The first-order chi connectivity index (χ1) is 8.42. The van der Waals surface area contributed by atoms with Crippen LogP contribution in [0.5, 0.6) is 0 Å². The van der Waals surface area contributed by atoms with Crippen molar-refractivity contribution in [2.45, 2.75) is 39.4 Å². The molecule has 0 aromatic carbocycles. The highest BCUT2D eigenvalue weighted by molar-refractivity contribution is 8.00. The Morgan fingerprint density at radius 3 is 2.11 bits per heavy atom. The van der Waals surface area contributed by atoms with Gasteiger partial charge in [0.15, 0.2) is 0 Å². The number of halogens is 3. The maximum absolute atomic E-state index is 12.7. The number of carbonyl (C=O) groups is 2. The SMILES string of the molecule is CC(C)(C)CC(NC(=O)CSCC(=O)O)C(F)(F)F. The molecule has 19 heavy (non-hydrogen) atoms. The molecule has 0 saturated heterocycles. The molecule has 0 aromatic heterocycles. The predicted molar refractivity (Wildman–Crippen MR) is 67.0 cm³/mol. The zero-order valence-electron chi connectivity index (χ0n) is 11.0. The maximum Gasteiger partial charge on any atom is 0.408 e. The molecule has 0 radical (unpaired) electrons. The molecular weight excluding hydrogens is 283 g/mol. The molecule has 1 atom stereocenters. The number of carboxylic acids is 1. The lowest BCUT2D eigenvalue weighted by molar-refractivity contribution is -0.166. The van der Waals surface area contributed by atoms with E-state index in [1.807, 2.05) is 5.32 Å². The van der Waals surface area contributed by atoms with Crippen molar-refractivity contribution in [3.8, 4) is 0 Å². The number of rotatable bonds is 6. The average molecular weight is 301 g/mol. The summed E-state index contributed by atoms with van der Waals surface area (Å²) >= 11 is 0.761. The van der Waals surface area contributed by atoms with E-state index >= 15 is 0 Å². The molecule has 0 bridgehead atoms. The van der Waals surface area contributed by atoms with Crippen molar-refractivity contribution in [3.05, 3.63) is 0 Å². The Bertz CT molecular complexity index is 326. The van der Waals surface area contributed by atoms with E-state index in [2.05, 4.69) is 0 Å². The summed E-state index contributed by atoms with van der Waals surface area (Å²) in [6.45, 7) is 4.95. The first kappa shape index (κ1) is 18.1. The number of hydrogen-bond donors (Lipinski definition) is 2. The summed E-state index contributed by atoms with van der Waals surface area (Å²) in [7, 11) is 0. The van der Waals surface area contributed by atoms with Crippen LogP contribution in [0.15, 0.2) is 0 Å². The minimum atomic E-state index is -4.51. The zero-order chi connectivity index (χ0) is 15.3. The summed E-state index contributed by atoms with van der Waals surface area (Å²) < 4.78 is 38.2. The van der Waals surface area contributed by atoms with Crippen molar-refractivity contribution < 1.29 is 27.9 Å². The zero-order valence-corrected chi connectivity index (χ0v) is 11.8. The fourth-order valence-corrected chi connectivity index (χ4v) is 1.87. The third-order valence-electron chi connectivity index (χ3n) is 2.01. The van der Waals surface area contributed by atoms with E-state index in [1.54, 1.807) is 20.8 Å². The molecule has 1 unspecified atom stereocenters. The normalized spacial score (nSPS) is 14.0. The molecule has 0 aliphatic rings. The van der Waals surface area contributed by atoms with Crippen molar-refractivity contribution in [1.82, 2.24) is 5.32 Å². The first-order valence-corrected chi connectivity index (χ1v) is 6.73. The fraction of sp³-hybridized carbons (Fsp3) is 0.818. The second-order valence-electron chi connectivity index (χ2n) is 5.31. The van der Waals surface area contributed by atoms with E-state index in [0.29, 0.717) is 0 Å². The highest BCUT2D eigenvalue weighted by atomic mass is 32.2. The molecule has 0 rings (SSSR count). The quantitative estimate of drug-likeness (QED) is 0.790. The van der Waals surface area contributed by atoms with Gasteiger partial charge in [-0.3, -0.25) is 9.59 Å². The van der Waals surface area contributed by atoms with Crippen LogP contribution in [0.4, 0.5) is 13.2 Å². The van der Waals surface area contributed by atoms with Gasteiger partial charge in [0.1, 0.15) is 6.04 Å². The van der Waals surface area contributed by atoms with Crippen LogP contribution in [-0.2, 0) is 9.59 Å². The van der Waals surface area contributed by atoms with Crippen molar-refractivity contribution >= 4 is 23.6 Å². The number of carbonyl (C=O) groups excluding carboxylic acids is 1. The third-order valence-corrected chi connectivity index (χ3v) is 2.92. The summed E-state index contributed by atoms with van der Waals surface area (Å²) in [5.41, 5.74) is -0.582. The van der Waals surface area contributed by atoms with Gasteiger partial charge in [0.05, 0.1) is 11.5 Å². The minimum Gasteiger partial charge on any atom is -0.481 e. The Morgan fingerprint density at radius 1 is 1.21 bits per heavy atom. The number of nitrogens with one attached hydrogen (secondary N) is 1. The van der Waals surface area contributed by atoms with Crippen LogP contribution in [0.25, 0.3) is 0 Å². The minimum absolute atomic E-state index is 0.230. The van der Waals surface area contributed by atoms with Crippen LogP contribution >= 0.6 is 11.8 Å². The molecule has 0 aromatic rings. The van der Waals surface area contributed by atoms with E-state index in [1.165, 1.54) is 0 Å². The molecule has 1 amide bonds. The summed E-state index contributed by atoms with van der Waals surface area (Å²) in [6.07, 6.45) is -4.74. The Morgan fingerprint density at radius 2 is 1.74 bits per heavy atom. The maximum atomic E-state index is 12.7. The Labute approximate surface area is 114 Å². The third kappa shape index (κ3) is 9.63. The van der Waals surface area contributed by atoms with Gasteiger partial charge >= 0.3 is 12.1 Å². The lowest BCUT2D eigenvalue weighted by Crippen LogP contribution is -2.48. The predicted octanol–water partition coefficient (Wildman–Crippen LogP) is 2.29. The van der Waals surface area contributed by atoms with Crippen molar-refractivity contribution in [1.29, 1.82) is 0 Å². The number of aliphatic carboxylic acids is 1. The van der Waals surface area contributed by atoms with Gasteiger partial charge in [-0.15, -0.1) is 11.8 Å². The molecule has 4 nitrogen and oxygen atoms in total. The molecular formula is C11H18F3NO3S. The number of thioether (sulfide) groups is 1. The molecule has 0 saturated carbocycles. The van der Waals surface area contributed by atoms with Crippen LogP contribution in [0.1, 0.15) is 27.2 Å². The van der Waals surface area contributed by atoms with Gasteiger partial charge in [0, 0.05) is 0 Å². The summed E-state index contributed by atoms with van der Waals surface area (Å²) in [6, 6.07) is -1.91. The molecule has 112 valence electrons. The van der Waals surface area contributed by atoms with Crippen LogP contribution in [0.3, 0.4) is 0 Å². The molecule has 0 fully saturated rings. The van der Waals surface area contributed by atoms with Crippen LogP contribution in [0, 0.1) is 5.41 Å². The monoisotopic (exact) mass is 301 g/mol. The number of amides is 1. The van der Waals surface area contributed by atoms with Crippen molar-refractivity contribution in [2.75, 3.05) is 11.5 Å². The number of hydrogen-bond acceptors (Lipinski definition) is 3. The van der Waals surface area contributed by atoms with E-state index in [-0.39, 0.29) is 17.9 Å². The van der Waals surface area contributed by atoms with Gasteiger partial charge in [-0.2, -0.15) is 13.2 Å². The highest BCUT2D eigenvalue weighted by Gasteiger charge is 2.42. The molecule has 2 N–H and O–H groups in total. The standard InChI is InChI=1S/C11H18F3NO3S/c1-10(2,3)4-7(11(12,13)14)15-8(16)5-19-6-9(17)18/h7H,4-6H2,1-3H3,(H,15,16)(H,17,18). The highest BCUT2D eigenvalue weighted by Crippen LogP contribution is 2.30. The molecule has 0 heterocycles. The van der Waals surface area contributed by atoms with E-state index < -0.39 is 29.5 Å². The molecule has 8 heteroatoms. The van der Waals surface area contributed by atoms with E-state index in [4.69, 9.17) is 5.11 Å². The van der Waals surface area contributed by atoms with Crippen LogP contribution in [-0.4, -0.2) is 40.7 Å².